The largest absolute Gasteiger partial charge is 0.495 e. The molecule has 4 nitrogen and oxygen atoms in total. The highest BCUT2D eigenvalue weighted by Gasteiger charge is 2.08. The van der Waals surface area contributed by atoms with Crippen LogP contribution in [0.3, 0.4) is 0 Å². The zero-order valence-corrected chi connectivity index (χ0v) is 8.69. The van der Waals surface area contributed by atoms with E-state index in [0.717, 1.165) is 11.6 Å². The standard InChI is InChI=1S/C10H16N2O2/c1-7(8(2)13)12-10-5-4-9(14-3)6-11-10/h4-8,13H,1-3H3,(H,11,12). The van der Waals surface area contributed by atoms with E-state index < -0.39 is 6.10 Å². The number of aliphatic hydroxyl groups excluding tert-OH is 1. The number of aromatic nitrogens is 1. The molecule has 78 valence electrons. The number of ether oxygens (including phenoxy) is 1. The Morgan fingerprint density at radius 3 is 2.57 bits per heavy atom. The zero-order chi connectivity index (χ0) is 10.6. The van der Waals surface area contributed by atoms with Crippen LogP contribution in [-0.4, -0.2) is 29.3 Å². The van der Waals surface area contributed by atoms with Crippen molar-refractivity contribution >= 4 is 5.82 Å². The topological polar surface area (TPSA) is 54.4 Å². The van der Waals surface area contributed by atoms with Gasteiger partial charge < -0.3 is 15.2 Å². The maximum absolute atomic E-state index is 9.27. The maximum atomic E-state index is 9.27. The highest BCUT2D eigenvalue weighted by Crippen LogP contribution is 2.12. The minimum absolute atomic E-state index is 0.0177. The van der Waals surface area contributed by atoms with Crippen LogP contribution in [0, 0.1) is 0 Å². The van der Waals surface area contributed by atoms with Gasteiger partial charge in [-0.1, -0.05) is 0 Å². The number of methoxy groups -OCH3 is 1. The third kappa shape index (κ3) is 2.88. The smallest absolute Gasteiger partial charge is 0.137 e. The predicted octanol–water partition coefficient (Wildman–Crippen LogP) is 1.27. The fourth-order valence-corrected chi connectivity index (χ4v) is 0.940. The summed E-state index contributed by atoms with van der Waals surface area (Å²) in [5.41, 5.74) is 0. The molecule has 0 spiro atoms. The molecule has 2 N–H and O–H groups in total. The van der Waals surface area contributed by atoms with Gasteiger partial charge in [0.2, 0.25) is 0 Å². The number of anilines is 1. The summed E-state index contributed by atoms with van der Waals surface area (Å²) in [6.07, 6.45) is 1.23. The van der Waals surface area contributed by atoms with Gasteiger partial charge in [0, 0.05) is 0 Å². The van der Waals surface area contributed by atoms with Crippen LogP contribution >= 0.6 is 0 Å². The van der Waals surface area contributed by atoms with Gasteiger partial charge in [-0.3, -0.25) is 0 Å². The SMILES string of the molecule is COc1ccc(NC(C)C(C)O)nc1. The van der Waals surface area contributed by atoms with Crippen LogP contribution < -0.4 is 10.1 Å². The van der Waals surface area contributed by atoms with Crippen molar-refractivity contribution in [3.8, 4) is 5.75 Å². The van der Waals surface area contributed by atoms with Crippen LogP contribution in [0.1, 0.15) is 13.8 Å². The first kappa shape index (κ1) is 10.8. The summed E-state index contributed by atoms with van der Waals surface area (Å²) in [6.45, 7) is 3.64. The summed E-state index contributed by atoms with van der Waals surface area (Å²) < 4.78 is 4.98. The Balaban J connectivity index is 2.59. The Kier molecular flexibility index (Phi) is 3.71. The molecule has 14 heavy (non-hydrogen) atoms. The molecule has 0 aromatic carbocycles. The summed E-state index contributed by atoms with van der Waals surface area (Å²) in [7, 11) is 1.60. The van der Waals surface area contributed by atoms with E-state index in [4.69, 9.17) is 4.74 Å². The van der Waals surface area contributed by atoms with Crippen LogP contribution in [0.5, 0.6) is 5.75 Å². The summed E-state index contributed by atoms with van der Waals surface area (Å²) >= 11 is 0. The summed E-state index contributed by atoms with van der Waals surface area (Å²) in [6, 6.07) is 3.62. The Labute approximate surface area is 83.9 Å². The average Bonchev–Trinajstić information content (AvgIpc) is 2.19. The molecule has 0 aliphatic rings. The second-order valence-corrected chi connectivity index (χ2v) is 3.26. The number of hydrogen-bond donors (Lipinski definition) is 2. The fourth-order valence-electron chi connectivity index (χ4n) is 0.940. The summed E-state index contributed by atoms with van der Waals surface area (Å²) in [5.74, 6) is 1.46. The van der Waals surface area contributed by atoms with Gasteiger partial charge in [-0.25, -0.2) is 4.98 Å². The first-order chi connectivity index (χ1) is 6.63. The second kappa shape index (κ2) is 4.81. The average molecular weight is 196 g/mol. The number of nitrogens with one attached hydrogen (secondary N) is 1. The van der Waals surface area contributed by atoms with Crippen molar-refractivity contribution in [2.75, 3.05) is 12.4 Å². The van der Waals surface area contributed by atoms with E-state index >= 15 is 0 Å². The number of rotatable bonds is 4. The minimum Gasteiger partial charge on any atom is -0.495 e. The Hall–Kier alpha value is -1.29. The Morgan fingerprint density at radius 1 is 1.43 bits per heavy atom. The van der Waals surface area contributed by atoms with Gasteiger partial charge in [-0.15, -0.1) is 0 Å². The monoisotopic (exact) mass is 196 g/mol. The lowest BCUT2D eigenvalue weighted by Crippen LogP contribution is -2.28. The van der Waals surface area contributed by atoms with Gasteiger partial charge in [-0.05, 0) is 26.0 Å². The lowest BCUT2D eigenvalue weighted by molar-refractivity contribution is 0.177. The van der Waals surface area contributed by atoms with E-state index in [0.29, 0.717) is 0 Å². The second-order valence-electron chi connectivity index (χ2n) is 3.26. The molecule has 0 radical (unpaired) electrons. The first-order valence-corrected chi connectivity index (χ1v) is 4.58. The summed E-state index contributed by atoms with van der Waals surface area (Å²) in [4.78, 5) is 4.12. The van der Waals surface area contributed by atoms with Gasteiger partial charge in [0.15, 0.2) is 0 Å². The Morgan fingerprint density at radius 2 is 2.14 bits per heavy atom. The molecule has 2 atom stereocenters. The van der Waals surface area contributed by atoms with E-state index in [2.05, 4.69) is 10.3 Å². The molecule has 4 heteroatoms. The van der Waals surface area contributed by atoms with Crippen molar-refractivity contribution < 1.29 is 9.84 Å². The summed E-state index contributed by atoms with van der Waals surface area (Å²) in [5, 5.41) is 12.3. The molecular weight excluding hydrogens is 180 g/mol. The van der Waals surface area contributed by atoms with E-state index in [1.807, 2.05) is 19.1 Å². The van der Waals surface area contributed by atoms with Crippen LogP contribution in [0.25, 0.3) is 0 Å². The molecular formula is C10H16N2O2. The molecule has 1 aromatic rings. The normalized spacial score (nSPS) is 14.6. The number of nitrogens with zero attached hydrogens (tertiary/aromatic N) is 1. The van der Waals surface area contributed by atoms with Crippen molar-refractivity contribution in [2.24, 2.45) is 0 Å². The molecule has 0 saturated heterocycles. The first-order valence-electron chi connectivity index (χ1n) is 4.58. The van der Waals surface area contributed by atoms with Gasteiger partial charge in [0.05, 0.1) is 25.5 Å². The maximum Gasteiger partial charge on any atom is 0.137 e. The van der Waals surface area contributed by atoms with Gasteiger partial charge >= 0.3 is 0 Å². The molecule has 2 unspecified atom stereocenters. The highest BCUT2D eigenvalue weighted by atomic mass is 16.5. The van der Waals surface area contributed by atoms with Gasteiger partial charge in [0.25, 0.3) is 0 Å². The number of aliphatic hydroxyl groups is 1. The molecule has 0 saturated carbocycles. The third-order valence-corrected chi connectivity index (χ3v) is 2.07. The van der Waals surface area contributed by atoms with Crippen LogP contribution in [0.4, 0.5) is 5.82 Å². The van der Waals surface area contributed by atoms with Gasteiger partial charge in [-0.2, -0.15) is 0 Å². The van der Waals surface area contributed by atoms with Crippen LogP contribution in [-0.2, 0) is 0 Å². The number of hydrogen-bond acceptors (Lipinski definition) is 4. The van der Waals surface area contributed by atoms with Gasteiger partial charge in [0.1, 0.15) is 11.6 Å². The Bertz CT molecular complexity index is 272. The molecule has 1 aromatic heterocycles. The minimum atomic E-state index is -0.404. The third-order valence-electron chi connectivity index (χ3n) is 2.07. The molecule has 0 aliphatic heterocycles. The predicted molar refractivity (Wildman–Crippen MR) is 55.6 cm³/mol. The molecule has 1 heterocycles. The van der Waals surface area contributed by atoms with Crippen molar-refractivity contribution in [1.82, 2.24) is 4.98 Å². The zero-order valence-electron chi connectivity index (χ0n) is 8.69. The molecule has 0 bridgehead atoms. The van der Waals surface area contributed by atoms with E-state index in [-0.39, 0.29) is 6.04 Å². The number of pyridine rings is 1. The van der Waals surface area contributed by atoms with E-state index in [1.165, 1.54) is 0 Å². The highest BCUT2D eigenvalue weighted by molar-refractivity contribution is 5.38. The van der Waals surface area contributed by atoms with E-state index in [9.17, 15) is 5.11 Å². The lowest BCUT2D eigenvalue weighted by atomic mass is 10.2. The molecule has 0 fully saturated rings. The molecule has 1 rings (SSSR count). The van der Waals surface area contributed by atoms with Crippen molar-refractivity contribution in [2.45, 2.75) is 26.0 Å². The molecule has 0 amide bonds. The lowest BCUT2D eigenvalue weighted by Gasteiger charge is -2.16. The van der Waals surface area contributed by atoms with Crippen LogP contribution in [0.15, 0.2) is 18.3 Å². The van der Waals surface area contributed by atoms with Crippen molar-refractivity contribution in [3.05, 3.63) is 18.3 Å². The molecule has 0 aliphatic carbocycles. The van der Waals surface area contributed by atoms with Crippen molar-refractivity contribution in [3.63, 3.8) is 0 Å². The van der Waals surface area contributed by atoms with Crippen LogP contribution in [0.2, 0.25) is 0 Å². The fraction of sp³-hybridized carbons (Fsp3) is 0.500. The van der Waals surface area contributed by atoms with E-state index in [1.54, 1.807) is 20.2 Å². The quantitative estimate of drug-likeness (QED) is 0.761. The van der Waals surface area contributed by atoms with Crippen molar-refractivity contribution in [1.29, 1.82) is 0 Å².